The van der Waals surface area contributed by atoms with Crippen LogP contribution < -0.4 is 9.50 Å². The molecule has 0 aliphatic rings. The molecule has 168 valence electrons. The lowest BCUT2D eigenvalue weighted by atomic mass is 10.0. The standard InChI is InChI=1S/C25H27NO5S/c1-2-30-25(27)18-22(26-19-21-9-5-3-6-10-21)17-20-13-15-23(16-14-20)31-32(28,29)24-11-7-4-8-12-24/h3-16,22,26H,2,17-19H2,1H3. The molecule has 0 aliphatic heterocycles. The Labute approximate surface area is 189 Å². The molecule has 6 nitrogen and oxygen atoms in total. The van der Waals surface area contributed by atoms with E-state index >= 15 is 0 Å². The second-order valence-corrected chi connectivity index (χ2v) is 8.82. The number of hydrogen-bond donors (Lipinski definition) is 1. The first-order valence-corrected chi connectivity index (χ1v) is 11.9. The highest BCUT2D eigenvalue weighted by Gasteiger charge is 2.18. The molecule has 0 heterocycles. The molecule has 1 N–H and O–H groups in total. The summed E-state index contributed by atoms with van der Waals surface area (Å²) in [6.07, 6.45) is 0.818. The van der Waals surface area contributed by atoms with E-state index in [1.807, 2.05) is 30.3 Å². The predicted molar refractivity (Wildman–Crippen MR) is 123 cm³/mol. The van der Waals surface area contributed by atoms with Crippen LogP contribution in [0.5, 0.6) is 5.75 Å². The van der Waals surface area contributed by atoms with Crippen molar-refractivity contribution in [3.05, 3.63) is 96.1 Å². The molecule has 32 heavy (non-hydrogen) atoms. The third-order valence-corrected chi connectivity index (χ3v) is 6.06. The van der Waals surface area contributed by atoms with Crippen LogP contribution in [0.1, 0.15) is 24.5 Å². The Balaban J connectivity index is 1.65. The first-order valence-electron chi connectivity index (χ1n) is 10.5. The van der Waals surface area contributed by atoms with Gasteiger partial charge < -0.3 is 14.2 Å². The maximum atomic E-state index is 12.4. The Kier molecular flexibility index (Phi) is 8.41. The zero-order valence-corrected chi connectivity index (χ0v) is 18.8. The molecule has 7 heteroatoms. The molecule has 3 rings (SSSR count). The number of carbonyl (C=O) groups excluding carboxylic acids is 1. The van der Waals surface area contributed by atoms with E-state index in [9.17, 15) is 13.2 Å². The van der Waals surface area contributed by atoms with E-state index in [4.69, 9.17) is 8.92 Å². The normalized spacial score (nSPS) is 12.2. The summed E-state index contributed by atoms with van der Waals surface area (Å²) >= 11 is 0. The van der Waals surface area contributed by atoms with Crippen molar-refractivity contribution >= 4 is 16.1 Å². The average molecular weight is 454 g/mol. The van der Waals surface area contributed by atoms with Gasteiger partial charge in [-0.25, -0.2) is 0 Å². The predicted octanol–water partition coefficient (Wildman–Crippen LogP) is 4.11. The van der Waals surface area contributed by atoms with Gasteiger partial charge in [0.1, 0.15) is 10.6 Å². The number of benzene rings is 3. The second-order valence-electron chi connectivity index (χ2n) is 7.27. The van der Waals surface area contributed by atoms with Crippen LogP contribution in [0.25, 0.3) is 0 Å². The third kappa shape index (κ3) is 7.21. The molecule has 1 unspecified atom stereocenters. The minimum Gasteiger partial charge on any atom is -0.466 e. The lowest BCUT2D eigenvalue weighted by Gasteiger charge is -2.18. The SMILES string of the molecule is CCOC(=O)CC(Cc1ccc(OS(=O)(=O)c2ccccc2)cc1)NCc1ccccc1. The van der Waals surface area contributed by atoms with Crippen molar-refractivity contribution in [3.63, 3.8) is 0 Å². The van der Waals surface area contributed by atoms with Crippen LogP contribution in [0.15, 0.2) is 89.8 Å². The van der Waals surface area contributed by atoms with Gasteiger partial charge in [-0.1, -0.05) is 60.7 Å². The Bertz CT molecular complexity index is 1080. The second kappa shape index (κ2) is 11.5. The molecule has 0 aromatic heterocycles. The van der Waals surface area contributed by atoms with Gasteiger partial charge in [0.05, 0.1) is 13.0 Å². The number of ether oxygens (including phenoxy) is 1. The Morgan fingerprint density at radius 1 is 0.875 bits per heavy atom. The fourth-order valence-corrected chi connectivity index (χ4v) is 4.17. The van der Waals surface area contributed by atoms with Gasteiger partial charge in [0, 0.05) is 12.6 Å². The summed E-state index contributed by atoms with van der Waals surface area (Å²) in [6.45, 7) is 2.75. The molecule has 3 aromatic carbocycles. The number of hydrogen-bond acceptors (Lipinski definition) is 6. The summed E-state index contributed by atoms with van der Waals surface area (Å²) < 4.78 is 35.1. The van der Waals surface area contributed by atoms with Crippen molar-refractivity contribution in [1.29, 1.82) is 0 Å². The van der Waals surface area contributed by atoms with Crippen LogP contribution in [0.3, 0.4) is 0 Å². The third-order valence-electron chi connectivity index (χ3n) is 4.80. The van der Waals surface area contributed by atoms with Crippen molar-refractivity contribution in [2.75, 3.05) is 6.61 Å². The summed E-state index contributed by atoms with van der Waals surface area (Å²) in [4.78, 5) is 12.2. The molecule has 0 bridgehead atoms. The van der Waals surface area contributed by atoms with Crippen molar-refractivity contribution < 1.29 is 22.1 Å². The fraction of sp³-hybridized carbons (Fsp3) is 0.240. The van der Waals surface area contributed by atoms with Crippen LogP contribution in [0.4, 0.5) is 0 Å². The summed E-state index contributed by atoms with van der Waals surface area (Å²) in [5.41, 5.74) is 2.07. The molecule has 0 aliphatic carbocycles. The molecular formula is C25H27NO5S. The van der Waals surface area contributed by atoms with Crippen LogP contribution in [0.2, 0.25) is 0 Å². The number of nitrogens with one attached hydrogen (secondary N) is 1. The van der Waals surface area contributed by atoms with Crippen LogP contribution in [-0.4, -0.2) is 27.0 Å². The summed E-state index contributed by atoms with van der Waals surface area (Å²) in [6, 6.07) is 24.7. The van der Waals surface area contributed by atoms with Gasteiger partial charge in [-0.2, -0.15) is 8.42 Å². The highest BCUT2D eigenvalue weighted by Crippen LogP contribution is 2.20. The van der Waals surface area contributed by atoms with Crippen LogP contribution in [-0.2, 0) is 32.6 Å². The van der Waals surface area contributed by atoms with E-state index in [1.165, 1.54) is 12.1 Å². The lowest BCUT2D eigenvalue weighted by Crippen LogP contribution is -2.33. The Morgan fingerprint density at radius 2 is 1.50 bits per heavy atom. The molecule has 1 atom stereocenters. The van der Waals surface area contributed by atoms with Gasteiger partial charge in [0.2, 0.25) is 0 Å². The van der Waals surface area contributed by atoms with Gasteiger partial charge in [-0.3, -0.25) is 4.79 Å². The maximum Gasteiger partial charge on any atom is 0.339 e. The maximum absolute atomic E-state index is 12.4. The molecule has 0 saturated heterocycles. The summed E-state index contributed by atoms with van der Waals surface area (Å²) in [5, 5.41) is 3.42. The monoisotopic (exact) mass is 453 g/mol. The number of rotatable bonds is 11. The highest BCUT2D eigenvalue weighted by atomic mass is 32.2. The molecule has 0 amide bonds. The first kappa shape index (κ1) is 23.5. The molecule has 0 radical (unpaired) electrons. The quantitative estimate of drug-likeness (QED) is 0.348. The molecule has 0 spiro atoms. The zero-order chi connectivity index (χ0) is 22.8. The topological polar surface area (TPSA) is 81.7 Å². The van der Waals surface area contributed by atoms with Crippen LogP contribution >= 0.6 is 0 Å². The number of carbonyl (C=O) groups is 1. The average Bonchev–Trinajstić information content (AvgIpc) is 2.80. The highest BCUT2D eigenvalue weighted by molar-refractivity contribution is 7.87. The lowest BCUT2D eigenvalue weighted by molar-refractivity contribution is -0.143. The van der Waals surface area contributed by atoms with E-state index in [2.05, 4.69) is 5.32 Å². The zero-order valence-electron chi connectivity index (χ0n) is 17.9. The molecule has 0 saturated carbocycles. The minimum atomic E-state index is -3.88. The van der Waals surface area contributed by atoms with Gasteiger partial charge in [-0.15, -0.1) is 0 Å². The summed E-state index contributed by atoms with van der Waals surface area (Å²) in [7, 11) is -3.88. The van der Waals surface area contributed by atoms with Gasteiger partial charge in [0.15, 0.2) is 0 Å². The summed E-state index contributed by atoms with van der Waals surface area (Å²) in [5.74, 6) is -0.0243. The van der Waals surface area contributed by atoms with E-state index < -0.39 is 10.1 Å². The molecular weight excluding hydrogens is 426 g/mol. The van der Waals surface area contributed by atoms with Gasteiger partial charge in [-0.05, 0) is 48.7 Å². The fourth-order valence-electron chi connectivity index (χ4n) is 3.22. The van der Waals surface area contributed by atoms with E-state index in [0.29, 0.717) is 19.6 Å². The van der Waals surface area contributed by atoms with E-state index in [1.54, 1.807) is 49.4 Å². The largest absolute Gasteiger partial charge is 0.466 e. The van der Waals surface area contributed by atoms with Gasteiger partial charge >= 0.3 is 16.1 Å². The number of esters is 1. The molecule has 3 aromatic rings. The van der Waals surface area contributed by atoms with Crippen molar-refractivity contribution in [1.82, 2.24) is 5.32 Å². The Morgan fingerprint density at radius 3 is 2.12 bits per heavy atom. The van der Waals surface area contributed by atoms with E-state index in [-0.39, 0.29) is 29.1 Å². The molecule has 0 fully saturated rings. The smallest absolute Gasteiger partial charge is 0.339 e. The Hall–Kier alpha value is -3.16. The van der Waals surface area contributed by atoms with Crippen molar-refractivity contribution in [2.45, 2.75) is 37.2 Å². The van der Waals surface area contributed by atoms with E-state index in [0.717, 1.165) is 11.1 Å². The van der Waals surface area contributed by atoms with Crippen molar-refractivity contribution in [3.8, 4) is 5.75 Å². The minimum absolute atomic E-state index is 0.101. The first-order chi connectivity index (χ1) is 15.5. The van der Waals surface area contributed by atoms with Crippen LogP contribution in [0, 0.1) is 0 Å². The van der Waals surface area contributed by atoms with Gasteiger partial charge in [0.25, 0.3) is 0 Å². The van der Waals surface area contributed by atoms with Crippen molar-refractivity contribution in [2.24, 2.45) is 0 Å².